The highest BCUT2D eigenvalue weighted by molar-refractivity contribution is 6.30. The maximum Gasteiger partial charge on any atom is 0.387 e. The Kier molecular flexibility index (Phi) is 4.02. The molecule has 1 aromatic carbocycles. The van der Waals surface area contributed by atoms with Crippen molar-refractivity contribution in [1.29, 1.82) is 0 Å². The molecule has 0 aromatic heterocycles. The molecule has 1 N–H and O–H groups in total. The Morgan fingerprint density at radius 1 is 1.29 bits per heavy atom. The van der Waals surface area contributed by atoms with Gasteiger partial charge in [-0.25, -0.2) is 0 Å². The minimum absolute atomic E-state index is 0.173. The third-order valence-electron chi connectivity index (χ3n) is 2.59. The van der Waals surface area contributed by atoms with E-state index in [0.717, 1.165) is 26.2 Å². The Labute approximate surface area is 103 Å². The van der Waals surface area contributed by atoms with Gasteiger partial charge in [0.15, 0.2) is 0 Å². The van der Waals surface area contributed by atoms with Crippen molar-refractivity contribution in [1.82, 2.24) is 5.32 Å². The Balaban J connectivity index is 2.25. The summed E-state index contributed by atoms with van der Waals surface area (Å²) in [6.45, 7) is 0.319. The van der Waals surface area contributed by atoms with Gasteiger partial charge in [-0.15, -0.1) is 0 Å². The molecule has 1 aliphatic heterocycles. The zero-order chi connectivity index (χ0) is 12.3. The van der Waals surface area contributed by atoms with Crippen LogP contribution in [0.4, 0.5) is 14.5 Å². The predicted octanol–water partition coefficient (Wildman–Crippen LogP) is 2.35. The number of halogens is 3. The van der Waals surface area contributed by atoms with Crippen LogP contribution in [-0.4, -0.2) is 32.8 Å². The fourth-order valence-corrected chi connectivity index (χ4v) is 2.01. The summed E-state index contributed by atoms with van der Waals surface area (Å²) in [5, 5.41) is 3.71. The number of ether oxygens (including phenoxy) is 1. The van der Waals surface area contributed by atoms with E-state index in [1.807, 2.05) is 4.90 Å². The van der Waals surface area contributed by atoms with Crippen molar-refractivity contribution >= 4 is 17.3 Å². The number of benzene rings is 1. The van der Waals surface area contributed by atoms with Gasteiger partial charge in [0.1, 0.15) is 5.75 Å². The molecular formula is C11H13ClF2N2O. The maximum absolute atomic E-state index is 12.3. The van der Waals surface area contributed by atoms with Gasteiger partial charge >= 0.3 is 6.61 Å². The third-order valence-corrected chi connectivity index (χ3v) is 2.83. The lowest BCUT2D eigenvalue weighted by atomic mass is 10.2. The Bertz CT molecular complexity index is 384. The van der Waals surface area contributed by atoms with E-state index in [1.165, 1.54) is 6.07 Å². The van der Waals surface area contributed by atoms with Crippen molar-refractivity contribution < 1.29 is 13.5 Å². The molecule has 2 rings (SSSR count). The van der Waals surface area contributed by atoms with Crippen LogP contribution in [0, 0.1) is 0 Å². The largest absolute Gasteiger partial charge is 0.433 e. The van der Waals surface area contributed by atoms with Crippen LogP contribution in [0.1, 0.15) is 0 Å². The van der Waals surface area contributed by atoms with E-state index in [0.29, 0.717) is 10.7 Å². The van der Waals surface area contributed by atoms with Gasteiger partial charge in [-0.05, 0) is 18.2 Å². The van der Waals surface area contributed by atoms with Crippen molar-refractivity contribution in [2.45, 2.75) is 6.61 Å². The van der Waals surface area contributed by atoms with Crippen LogP contribution in [0.15, 0.2) is 18.2 Å². The van der Waals surface area contributed by atoms with Gasteiger partial charge in [0.2, 0.25) is 0 Å². The SMILES string of the molecule is FC(F)Oc1ccc(Cl)cc1N1CCNCC1. The summed E-state index contributed by atoms with van der Waals surface area (Å²) in [6.07, 6.45) is 0. The molecule has 0 atom stereocenters. The average Bonchev–Trinajstić information content (AvgIpc) is 2.32. The first-order valence-corrected chi connectivity index (χ1v) is 5.74. The lowest BCUT2D eigenvalue weighted by Crippen LogP contribution is -2.43. The molecule has 0 radical (unpaired) electrons. The summed E-state index contributed by atoms with van der Waals surface area (Å²) in [4.78, 5) is 1.99. The van der Waals surface area contributed by atoms with Gasteiger partial charge in [-0.1, -0.05) is 11.6 Å². The highest BCUT2D eigenvalue weighted by Gasteiger charge is 2.17. The number of hydrogen-bond acceptors (Lipinski definition) is 3. The maximum atomic E-state index is 12.3. The fraction of sp³-hybridized carbons (Fsp3) is 0.455. The second-order valence-corrected chi connectivity index (χ2v) is 4.16. The lowest BCUT2D eigenvalue weighted by Gasteiger charge is -2.30. The van der Waals surface area contributed by atoms with E-state index in [1.54, 1.807) is 12.1 Å². The van der Waals surface area contributed by atoms with Crippen molar-refractivity contribution in [3.63, 3.8) is 0 Å². The number of nitrogens with zero attached hydrogens (tertiary/aromatic N) is 1. The summed E-state index contributed by atoms with van der Waals surface area (Å²) >= 11 is 5.89. The van der Waals surface area contributed by atoms with Crippen molar-refractivity contribution in [2.24, 2.45) is 0 Å². The predicted molar refractivity (Wildman–Crippen MR) is 63.2 cm³/mol. The minimum atomic E-state index is -2.82. The second-order valence-electron chi connectivity index (χ2n) is 3.73. The zero-order valence-corrected chi connectivity index (χ0v) is 9.88. The van der Waals surface area contributed by atoms with Crippen molar-refractivity contribution in [3.05, 3.63) is 23.2 Å². The van der Waals surface area contributed by atoms with Crippen LogP contribution in [0.2, 0.25) is 5.02 Å². The highest BCUT2D eigenvalue weighted by atomic mass is 35.5. The van der Waals surface area contributed by atoms with Crippen LogP contribution in [-0.2, 0) is 0 Å². The van der Waals surface area contributed by atoms with Crippen molar-refractivity contribution in [3.8, 4) is 5.75 Å². The molecule has 0 spiro atoms. The van der Waals surface area contributed by atoms with E-state index in [9.17, 15) is 8.78 Å². The smallest absolute Gasteiger partial charge is 0.387 e. The normalized spacial score (nSPS) is 16.4. The van der Waals surface area contributed by atoms with Crippen LogP contribution < -0.4 is 15.0 Å². The van der Waals surface area contributed by atoms with Crippen LogP contribution in [0.3, 0.4) is 0 Å². The van der Waals surface area contributed by atoms with E-state index in [4.69, 9.17) is 11.6 Å². The molecule has 1 heterocycles. The number of nitrogens with one attached hydrogen (secondary N) is 1. The molecule has 0 bridgehead atoms. The van der Waals surface area contributed by atoms with Gasteiger partial charge in [-0.3, -0.25) is 0 Å². The molecule has 0 amide bonds. The topological polar surface area (TPSA) is 24.5 Å². The molecule has 17 heavy (non-hydrogen) atoms. The van der Waals surface area contributed by atoms with E-state index in [-0.39, 0.29) is 5.75 Å². The molecule has 94 valence electrons. The van der Waals surface area contributed by atoms with Crippen molar-refractivity contribution in [2.75, 3.05) is 31.1 Å². The summed E-state index contributed by atoms with van der Waals surface area (Å²) in [7, 11) is 0. The number of alkyl halides is 2. The van der Waals surface area contributed by atoms with Gasteiger partial charge in [0.25, 0.3) is 0 Å². The molecule has 1 aliphatic rings. The van der Waals surface area contributed by atoms with Gasteiger partial charge in [-0.2, -0.15) is 8.78 Å². The number of piperazine rings is 1. The van der Waals surface area contributed by atoms with E-state index in [2.05, 4.69) is 10.1 Å². The lowest BCUT2D eigenvalue weighted by molar-refractivity contribution is -0.0495. The van der Waals surface area contributed by atoms with Crippen LogP contribution in [0.25, 0.3) is 0 Å². The van der Waals surface area contributed by atoms with Gasteiger partial charge in [0.05, 0.1) is 5.69 Å². The van der Waals surface area contributed by atoms with E-state index >= 15 is 0 Å². The molecule has 0 unspecified atom stereocenters. The summed E-state index contributed by atoms with van der Waals surface area (Å²) in [5.41, 5.74) is 0.624. The first-order valence-electron chi connectivity index (χ1n) is 5.37. The first-order chi connectivity index (χ1) is 8.16. The zero-order valence-electron chi connectivity index (χ0n) is 9.13. The molecule has 1 saturated heterocycles. The number of hydrogen-bond donors (Lipinski definition) is 1. The van der Waals surface area contributed by atoms with Crippen LogP contribution >= 0.6 is 11.6 Å². The summed E-state index contributed by atoms with van der Waals surface area (Å²) in [5.74, 6) is 0.173. The Hall–Kier alpha value is -1.07. The third kappa shape index (κ3) is 3.20. The highest BCUT2D eigenvalue weighted by Crippen LogP contribution is 2.32. The van der Waals surface area contributed by atoms with Crippen LogP contribution in [0.5, 0.6) is 5.75 Å². The number of anilines is 1. The van der Waals surface area contributed by atoms with E-state index < -0.39 is 6.61 Å². The summed E-state index contributed by atoms with van der Waals surface area (Å²) in [6, 6.07) is 4.68. The quantitative estimate of drug-likeness (QED) is 0.905. The summed E-state index contributed by atoms with van der Waals surface area (Å²) < 4.78 is 29.1. The van der Waals surface area contributed by atoms with Gasteiger partial charge in [0, 0.05) is 31.2 Å². The standard InChI is InChI=1S/C11H13ClF2N2O/c12-8-1-2-10(17-11(13)14)9(7-8)16-5-3-15-4-6-16/h1-2,7,11,15H,3-6H2. The Morgan fingerprint density at radius 3 is 2.65 bits per heavy atom. The Morgan fingerprint density at radius 2 is 2.00 bits per heavy atom. The molecular weight excluding hydrogens is 250 g/mol. The average molecular weight is 263 g/mol. The molecule has 6 heteroatoms. The molecule has 0 aliphatic carbocycles. The molecule has 3 nitrogen and oxygen atoms in total. The van der Waals surface area contributed by atoms with Gasteiger partial charge < -0.3 is 15.0 Å². The molecule has 1 fully saturated rings. The number of rotatable bonds is 3. The second kappa shape index (κ2) is 5.51. The monoisotopic (exact) mass is 262 g/mol. The molecule has 1 aromatic rings. The first kappa shape index (κ1) is 12.4. The molecule has 0 saturated carbocycles. The fourth-order valence-electron chi connectivity index (χ4n) is 1.84. The minimum Gasteiger partial charge on any atom is -0.433 e.